The van der Waals surface area contributed by atoms with E-state index < -0.39 is 0 Å². The molecule has 0 aromatic carbocycles. The molecular weight excluding hydrogens is 207 g/mol. The number of nitrogens with zero attached hydrogens (tertiary/aromatic N) is 2. The summed E-state index contributed by atoms with van der Waals surface area (Å²) < 4.78 is 0. The predicted molar refractivity (Wildman–Crippen MR) is 46.1 cm³/mol. The first-order valence-electron chi connectivity index (χ1n) is 3.54. The van der Waals surface area contributed by atoms with E-state index in [0.29, 0.717) is 0 Å². The van der Waals surface area contributed by atoms with Crippen LogP contribution in [0.15, 0.2) is 48.8 Å². The molecule has 68 valence electrons. The fourth-order valence-corrected chi connectivity index (χ4v) is 0.555. The van der Waals surface area contributed by atoms with Gasteiger partial charge in [-0.05, 0) is 0 Å². The van der Waals surface area contributed by atoms with E-state index in [-0.39, 0.29) is 16.5 Å². The largest absolute Gasteiger partial charge is 2.00 e. The zero-order valence-corrected chi connectivity index (χ0v) is 7.82. The average Bonchev–Trinajstić information content (AvgIpc) is 2.24. The summed E-state index contributed by atoms with van der Waals surface area (Å²) in [6.45, 7) is 0. The predicted octanol–water partition coefficient (Wildman–Crippen LogP) is 1.76. The molecule has 0 spiro atoms. The van der Waals surface area contributed by atoms with E-state index in [1.807, 2.05) is 24.3 Å². The summed E-state index contributed by atoms with van der Waals surface area (Å²) in [5.41, 5.74) is 0. The Kier molecular flexibility index (Phi) is 8.06. The minimum absolute atomic E-state index is 0. The Bertz CT molecular complexity index is 188. The number of pyridine rings is 2. The van der Waals surface area contributed by atoms with E-state index in [1.54, 1.807) is 24.5 Å². The summed E-state index contributed by atoms with van der Waals surface area (Å²) >= 11 is 0. The van der Waals surface area contributed by atoms with Gasteiger partial charge in [-0.1, -0.05) is 24.8 Å². The third-order valence-electron chi connectivity index (χ3n) is 1.03. The van der Waals surface area contributed by atoms with Crippen molar-refractivity contribution in [1.29, 1.82) is 0 Å². The fraction of sp³-hybridized carbons (Fsp3) is 0. The van der Waals surface area contributed by atoms with E-state index in [2.05, 4.69) is 22.4 Å². The zero-order valence-electron chi connectivity index (χ0n) is 6.83. The van der Waals surface area contributed by atoms with Gasteiger partial charge in [0, 0.05) is 0 Å². The quantitative estimate of drug-likeness (QED) is 0.494. The van der Waals surface area contributed by atoms with E-state index in [0.717, 1.165) is 0 Å². The maximum Gasteiger partial charge on any atom is 2.00 e. The normalized spacial score (nSPS) is 7.38. The second-order valence-corrected chi connectivity index (χ2v) is 1.92. The zero-order chi connectivity index (χ0) is 8.49. The summed E-state index contributed by atoms with van der Waals surface area (Å²) in [5, 5.41) is 0. The minimum Gasteiger partial charge on any atom is -0.394 e. The molecule has 0 aliphatic rings. The third kappa shape index (κ3) is 7.16. The second-order valence-electron chi connectivity index (χ2n) is 1.92. The Morgan fingerprint density at radius 1 is 0.692 bits per heavy atom. The second kappa shape index (κ2) is 8.89. The molecular formula is C10H8N2Ni. The van der Waals surface area contributed by atoms with Gasteiger partial charge in [0.2, 0.25) is 0 Å². The first-order chi connectivity index (χ1) is 6.00. The van der Waals surface area contributed by atoms with Crippen molar-refractivity contribution >= 4 is 0 Å². The average molecular weight is 215 g/mol. The van der Waals surface area contributed by atoms with Gasteiger partial charge in [-0.15, -0.1) is 0 Å². The van der Waals surface area contributed by atoms with Gasteiger partial charge in [0.25, 0.3) is 0 Å². The van der Waals surface area contributed by atoms with Crippen molar-refractivity contribution in [2.75, 3.05) is 0 Å². The summed E-state index contributed by atoms with van der Waals surface area (Å²) in [7, 11) is 0. The van der Waals surface area contributed by atoms with Gasteiger partial charge in [0.15, 0.2) is 0 Å². The molecule has 0 saturated carbocycles. The van der Waals surface area contributed by atoms with Crippen molar-refractivity contribution < 1.29 is 16.5 Å². The van der Waals surface area contributed by atoms with Crippen LogP contribution in [0.25, 0.3) is 0 Å². The van der Waals surface area contributed by atoms with Crippen LogP contribution in [0.1, 0.15) is 0 Å². The molecule has 13 heavy (non-hydrogen) atoms. The standard InChI is InChI=1S/2C5H4N.Ni/c2*1-2-4-6-5-3-1;/h2*1-4H;/q2*-1;+2. The Balaban J connectivity index is 0.000000206. The van der Waals surface area contributed by atoms with Crippen LogP contribution < -0.4 is 0 Å². The van der Waals surface area contributed by atoms with Crippen molar-refractivity contribution in [3.8, 4) is 0 Å². The smallest absolute Gasteiger partial charge is 0.394 e. The molecule has 0 saturated heterocycles. The van der Waals surface area contributed by atoms with Gasteiger partial charge in [-0.3, -0.25) is 0 Å². The maximum atomic E-state index is 3.66. The minimum atomic E-state index is 0. The Morgan fingerprint density at radius 2 is 1.15 bits per heavy atom. The van der Waals surface area contributed by atoms with Crippen LogP contribution >= 0.6 is 0 Å². The molecule has 0 N–H and O–H groups in total. The van der Waals surface area contributed by atoms with Gasteiger partial charge in [0.1, 0.15) is 0 Å². The summed E-state index contributed by atoms with van der Waals surface area (Å²) in [6.07, 6.45) is 8.67. The Morgan fingerprint density at radius 3 is 1.23 bits per heavy atom. The summed E-state index contributed by atoms with van der Waals surface area (Å²) in [4.78, 5) is 7.32. The number of hydrogen-bond donors (Lipinski definition) is 0. The van der Waals surface area contributed by atoms with E-state index in [4.69, 9.17) is 0 Å². The molecule has 3 heteroatoms. The van der Waals surface area contributed by atoms with Crippen molar-refractivity contribution in [3.05, 3.63) is 61.2 Å². The van der Waals surface area contributed by atoms with Crippen LogP contribution in [0, 0.1) is 12.4 Å². The van der Waals surface area contributed by atoms with Crippen molar-refractivity contribution in [2.24, 2.45) is 0 Å². The molecule has 0 amide bonds. The molecule has 0 radical (unpaired) electrons. The summed E-state index contributed by atoms with van der Waals surface area (Å²) in [6, 6.07) is 11.0. The topological polar surface area (TPSA) is 25.8 Å². The molecule has 2 heterocycles. The molecule has 0 aliphatic heterocycles. The first-order valence-corrected chi connectivity index (χ1v) is 3.54. The van der Waals surface area contributed by atoms with Gasteiger partial charge in [0.05, 0.1) is 0 Å². The first kappa shape index (κ1) is 11.8. The molecule has 0 unspecified atom stereocenters. The summed E-state index contributed by atoms with van der Waals surface area (Å²) in [5.74, 6) is 0. The number of rotatable bonds is 0. The molecule has 0 atom stereocenters. The van der Waals surface area contributed by atoms with Crippen LogP contribution in [-0.4, -0.2) is 9.97 Å². The molecule has 0 bridgehead atoms. The molecule has 0 fully saturated rings. The molecule has 0 aliphatic carbocycles. The van der Waals surface area contributed by atoms with Gasteiger partial charge < -0.3 is 9.97 Å². The molecule has 2 rings (SSSR count). The van der Waals surface area contributed by atoms with Crippen LogP contribution in [0.2, 0.25) is 0 Å². The van der Waals surface area contributed by atoms with Crippen LogP contribution in [0.3, 0.4) is 0 Å². The van der Waals surface area contributed by atoms with Gasteiger partial charge in [-0.25, -0.2) is 0 Å². The van der Waals surface area contributed by atoms with E-state index >= 15 is 0 Å². The molecule has 2 aromatic heterocycles. The SMILES string of the molecule is [Ni+2].[c-]1ccccn1.[c-]1ccccn1. The van der Waals surface area contributed by atoms with Crippen LogP contribution in [0.4, 0.5) is 0 Å². The maximum absolute atomic E-state index is 3.66. The van der Waals surface area contributed by atoms with E-state index in [9.17, 15) is 0 Å². The third-order valence-corrected chi connectivity index (χ3v) is 1.03. The van der Waals surface area contributed by atoms with Crippen molar-refractivity contribution in [3.63, 3.8) is 0 Å². The fourth-order valence-electron chi connectivity index (χ4n) is 0.555. The molecule has 2 aromatic rings. The monoisotopic (exact) mass is 214 g/mol. The van der Waals surface area contributed by atoms with E-state index in [1.165, 1.54) is 0 Å². The molecule has 2 nitrogen and oxygen atoms in total. The van der Waals surface area contributed by atoms with Crippen molar-refractivity contribution in [1.82, 2.24) is 9.97 Å². The number of hydrogen-bond acceptors (Lipinski definition) is 2. The number of aromatic nitrogens is 2. The van der Waals surface area contributed by atoms with Crippen LogP contribution in [-0.2, 0) is 16.5 Å². The van der Waals surface area contributed by atoms with Gasteiger partial charge in [-0.2, -0.15) is 36.4 Å². The Labute approximate surface area is 88.0 Å². The Hall–Kier alpha value is -1.21. The van der Waals surface area contributed by atoms with Crippen molar-refractivity contribution in [2.45, 2.75) is 0 Å². The van der Waals surface area contributed by atoms with Gasteiger partial charge >= 0.3 is 16.5 Å². The van der Waals surface area contributed by atoms with Crippen LogP contribution in [0.5, 0.6) is 0 Å².